The monoisotopic (exact) mass is 320 g/mol. The molecule has 0 fully saturated rings. The number of para-hydroxylation sites is 1. The molecule has 3 aromatic rings. The van der Waals surface area contributed by atoms with Gasteiger partial charge in [0.25, 0.3) is 0 Å². The average Bonchev–Trinajstić information content (AvgIpc) is 2.63. The Bertz CT molecular complexity index is 734. The smallest absolute Gasteiger partial charge is 0.186 e. The van der Waals surface area contributed by atoms with Crippen LogP contribution in [0, 0.1) is 0 Å². The zero-order chi connectivity index (χ0) is 16.6. The molecular weight excluding hydrogens is 300 g/mol. The second kappa shape index (κ2) is 8.18. The topological polar surface area (TPSA) is 38.7 Å². The van der Waals surface area contributed by atoms with Crippen LogP contribution in [0.2, 0.25) is 0 Å². The molecule has 0 atom stereocenters. The van der Waals surface area contributed by atoms with Gasteiger partial charge in [0.05, 0.1) is 0 Å². The first-order chi connectivity index (χ1) is 11.8. The largest absolute Gasteiger partial charge is 0.468 e. The number of hydrogen-bond donors (Lipinski definition) is 1. The summed E-state index contributed by atoms with van der Waals surface area (Å²) in [5, 5.41) is 8.72. The van der Waals surface area contributed by atoms with Gasteiger partial charge in [-0.25, -0.2) is 0 Å². The zero-order valence-electron chi connectivity index (χ0n) is 13.4. The molecule has 0 bridgehead atoms. The molecule has 0 heterocycles. The molecule has 122 valence electrons. The van der Waals surface area contributed by atoms with Gasteiger partial charge in [0.15, 0.2) is 6.79 Å². The molecule has 0 aromatic heterocycles. The molecule has 0 aliphatic carbocycles. The van der Waals surface area contributed by atoms with E-state index in [4.69, 9.17) is 14.6 Å². The Hall–Kier alpha value is -2.78. The molecule has 0 unspecified atom stereocenters. The average molecular weight is 320 g/mol. The molecule has 0 aliphatic heterocycles. The lowest BCUT2D eigenvalue weighted by Crippen LogP contribution is -1.95. The van der Waals surface area contributed by atoms with E-state index in [9.17, 15) is 0 Å². The van der Waals surface area contributed by atoms with Gasteiger partial charge in [-0.3, -0.25) is 0 Å². The molecule has 0 aliphatic rings. The van der Waals surface area contributed by atoms with E-state index in [2.05, 4.69) is 12.1 Å². The number of ether oxygens (including phenoxy) is 2. The van der Waals surface area contributed by atoms with Crippen LogP contribution >= 0.6 is 0 Å². The molecular formula is C21H20O3. The van der Waals surface area contributed by atoms with Gasteiger partial charge >= 0.3 is 0 Å². The van der Waals surface area contributed by atoms with Gasteiger partial charge in [-0.15, -0.1) is 0 Å². The van der Waals surface area contributed by atoms with Crippen LogP contribution in [0.25, 0.3) is 0 Å². The van der Waals surface area contributed by atoms with Crippen molar-refractivity contribution in [2.24, 2.45) is 0 Å². The lowest BCUT2D eigenvalue weighted by Gasteiger charge is -2.07. The zero-order valence-corrected chi connectivity index (χ0v) is 13.4. The van der Waals surface area contributed by atoms with Crippen LogP contribution in [-0.4, -0.2) is 11.9 Å². The normalized spacial score (nSPS) is 10.4. The Morgan fingerprint density at radius 2 is 1.08 bits per heavy atom. The number of hydrogen-bond acceptors (Lipinski definition) is 3. The van der Waals surface area contributed by atoms with Crippen molar-refractivity contribution < 1.29 is 14.6 Å². The first-order valence-corrected chi connectivity index (χ1v) is 7.98. The lowest BCUT2D eigenvalue weighted by molar-refractivity contribution is 0.0985. The Balaban J connectivity index is 1.54. The highest BCUT2D eigenvalue weighted by molar-refractivity contribution is 5.33. The number of aliphatic hydroxyl groups excluding tert-OH is 1. The number of benzene rings is 3. The van der Waals surface area contributed by atoms with Crippen LogP contribution in [0.15, 0.2) is 78.9 Å². The first kappa shape index (κ1) is 16.1. The molecule has 3 aromatic carbocycles. The molecule has 0 radical (unpaired) electrons. The fourth-order valence-electron chi connectivity index (χ4n) is 2.46. The first-order valence-electron chi connectivity index (χ1n) is 7.98. The van der Waals surface area contributed by atoms with E-state index in [1.807, 2.05) is 66.7 Å². The van der Waals surface area contributed by atoms with Crippen LogP contribution in [-0.2, 0) is 12.8 Å². The minimum atomic E-state index is -0.295. The minimum absolute atomic E-state index is 0.295. The van der Waals surface area contributed by atoms with E-state index < -0.39 is 0 Å². The number of aliphatic hydroxyl groups is 1. The van der Waals surface area contributed by atoms with Crippen molar-refractivity contribution in [2.45, 2.75) is 12.8 Å². The molecule has 3 rings (SSSR count). The molecule has 1 N–H and O–H groups in total. The quantitative estimate of drug-likeness (QED) is 0.647. The van der Waals surface area contributed by atoms with Crippen molar-refractivity contribution in [2.75, 3.05) is 6.79 Å². The van der Waals surface area contributed by atoms with Crippen LogP contribution < -0.4 is 9.47 Å². The summed E-state index contributed by atoms with van der Waals surface area (Å²) in [4.78, 5) is 0. The van der Waals surface area contributed by atoms with Crippen LogP contribution in [0.3, 0.4) is 0 Å². The van der Waals surface area contributed by atoms with E-state index in [1.165, 1.54) is 11.1 Å². The van der Waals surface area contributed by atoms with E-state index in [0.29, 0.717) is 5.75 Å². The van der Waals surface area contributed by atoms with Crippen molar-refractivity contribution in [3.63, 3.8) is 0 Å². The summed E-state index contributed by atoms with van der Waals surface area (Å²) in [7, 11) is 0. The minimum Gasteiger partial charge on any atom is -0.468 e. The SMILES string of the molecule is OCOc1ccc(CCc2ccc(Oc3ccccc3)cc2)cc1. The number of aryl methyl sites for hydroxylation is 2. The Kier molecular flexibility index (Phi) is 5.48. The van der Waals surface area contributed by atoms with Crippen LogP contribution in [0.4, 0.5) is 0 Å². The van der Waals surface area contributed by atoms with Gasteiger partial charge in [-0.2, -0.15) is 0 Å². The number of rotatable bonds is 7. The summed E-state index contributed by atoms with van der Waals surface area (Å²) in [6.07, 6.45) is 1.92. The second-order valence-corrected chi connectivity index (χ2v) is 5.48. The second-order valence-electron chi connectivity index (χ2n) is 5.48. The summed E-state index contributed by atoms with van der Waals surface area (Å²) in [5.74, 6) is 2.37. The lowest BCUT2D eigenvalue weighted by atomic mass is 10.0. The van der Waals surface area contributed by atoms with Gasteiger partial charge in [0.1, 0.15) is 17.2 Å². The highest BCUT2D eigenvalue weighted by Gasteiger charge is 2.00. The molecule has 24 heavy (non-hydrogen) atoms. The van der Waals surface area contributed by atoms with Gasteiger partial charge in [-0.1, -0.05) is 42.5 Å². The maximum atomic E-state index is 8.72. The molecule has 0 spiro atoms. The fourth-order valence-corrected chi connectivity index (χ4v) is 2.46. The third-order valence-electron chi connectivity index (χ3n) is 3.76. The van der Waals surface area contributed by atoms with Gasteiger partial charge in [0.2, 0.25) is 0 Å². The van der Waals surface area contributed by atoms with E-state index in [-0.39, 0.29) is 6.79 Å². The van der Waals surface area contributed by atoms with E-state index in [1.54, 1.807) is 0 Å². The Labute approximate surface area is 142 Å². The van der Waals surface area contributed by atoms with Crippen LogP contribution in [0.1, 0.15) is 11.1 Å². The van der Waals surface area contributed by atoms with Gasteiger partial charge in [-0.05, 0) is 60.4 Å². The van der Waals surface area contributed by atoms with Crippen molar-refractivity contribution in [3.8, 4) is 17.2 Å². The molecule has 3 heteroatoms. The van der Waals surface area contributed by atoms with Crippen LogP contribution in [0.5, 0.6) is 17.2 Å². The molecule has 0 amide bonds. The van der Waals surface area contributed by atoms with Crippen molar-refractivity contribution in [3.05, 3.63) is 90.0 Å². The summed E-state index contributed by atoms with van der Waals surface area (Å²) in [5.41, 5.74) is 2.51. The summed E-state index contributed by atoms with van der Waals surface area (Å²) in [6.45, 7) is -0.295. The Morgan fingerprint density at radius 1 is 0.583 bits per heavy atom. The predicted molar refractivity (Wildman–Crippen MR) is 94.5 cm³/mol. The summed E-state index contributed by atoms with van der Waals surface area (Å²) < 4.78 is 10.8. The molecule has 3 nitrogen and oxygen atoms in total. The molecule has 0 saturated heterocycles. The van der Waals surface area contributed by atoms with Crippen molar-refractivity contribution in [1.29, 1.82) is 0 Å². The predicted octanol–water partition coefficient (Wildman–Crippen LogP) is 4.59. The highest BCUT2D eigenvalue weighted by Crippen LogP contribution is 2.21. The van der Waals surface area contributed by atoms with Gasteiger partial charge in [0, 0.05) is 0 Å². The Morgan fingerprint density at radius 3 is 1.62 bits per heavy atom. The van der Waals surface area contributed by atoms with E-state index in [0.717, 1.165) is 24.3 Å². The maximum Gasteiger partial charge on any atom is 0.186 e. The van der Waals surface area contributed by atoms with Crippen molar-refractivity contribution in [1.82, 2.24) is 0 Å². The van der Waals surface area contributed by atoms with E-state index >= 15 is 0 Å². The van der Waals surface area contributed by atoms with Crippen molar-refractivity contribution >= 4 is 0 Å². The standard InChI is InChI=1S/C21H20O3/c22-16-23-19-12-8-17(9-13-19)6-7-18-10-14-21(15-11-18)24-20-4-2-1-3-5-20/h1-5,8-15,22H,6-7,16H2. The summed E-state index contributed by atoms with van der Waals surface area (Å²) in [6, 6.07) is 25.8. The highest BCUT2D eigenvalue weighted by atomic mass is 16.6. The maximum absolute atomic E-state index is 8.72. The third-order valence-corrected chi connectivity index (χ3v) is 3.76. The third kappa shape index (κ3) is 4.61. The fraction of sp³-hybridized carbons (Fsp3) is 0.143. The summed E-state index contributed by atoms with van der Waals surface area (Å²) >= 11 is 0. The van der Waals surface area contributed by atoms with Gasteiger partial charge < -0.3 is 14.6 Å². The molecule has 0 saturated carbocycles.